The summed E-state index contributed by atoms with van der Waals surface area (Å²) in [5, 5.41) is 13.2. The number of nitrogens with zero attached hydrogens (tertiary/aromatic N) is 1. The lowest BCUT2D eigenvalue weighted by molar-refractivity contribution is -0.131. The lowest BCUT2D eigenvalue weighted by atomic mass is 9.98. The van der Waals surface area contributed by atoms with Crippen LogP contribution in [0.4, 0.5) is 4.79 Å². The van der Waals surface area contributed by atoms with E-state index in [1.807, 2.05) is 0 Å². The second-order valence-electron chi connectivity index (χ2n) is 6.35. The number of nitrogens with one attached hydrogen (secondary N) is 2. The Morgan fingerprint density at radius 3 is 2.69 bits per heavy atom. The molecule has 2 aliphatic rings. The zero-order valence-corrected chi connectivity index (χ0v) is 15.5. The number of carboxylic acid groups (broad SMARTS) is 1. The standard InChI is InChI=1S/C15H19N3O6S2/c19-12(20)11-10(4-9-25-11)26(23,24)16-7-3-8-18-13(21)15(17-14(18)22)5-1-2-6-15/h4,9,16H,1-3,5-8H2,(H,17,22)(H,19,20). The Labute approximate surface area is 154 Å². The number of carboxylic acids is 1. The number of aromatic carboxylic acids is 1. The van der Waals surface area contributed by atoms with Gasteiger partial charge in [0.15, 0.2) is 0 Å². The molecule has 3 amide bonds. The zero-order valence-electron chi connectivity index (χ0n) is 13.9. The van der Waals surface area contributed by atoms with Gasteiger partial charge in [0.1, 0.15) is 15.3 Å². The van der Waals surface area contributed by atoms with Crippen molar-refractivity contribution >= 4 is 39.3 Å². The van der Waals surface area contributed by atoms with Gasteiger partial charge in [-0.15, -0.1) is 11.3 Å². The number of carbonyl (C=O) groups excluding carboxylic acids is 2. The first-order chi connectivity index (χ1) is 12.3. The van der Waals surface area contributed by atoms with Crippen LogP contribution in [-0.4, -0.2) is 55.0 Å². The van der Waals surface area contributed by atoms with Crippen LogP contribution < -0.4 is 10.0 Å². The maximum Gasteiger partial charge on any atom is 0.347 e. The number of rotatable bonds is 7. The normalized spacial score (nSPS) is 19.3. The number of thiophene rings is 1. The van der Waals surface area contributed by atoms with Gasteiger partial charge in [-0.3, -0.25) is 9.69 Å². The third-order valence-corrected chi connectivity index (χ3v) is 7.20. The predicted molar refractivity (Wildman–Crippen MR) is 92.5 cm³/mol. The Bertz CT molecular complexity index is 841. The van der Waals surface area contributed by atoms with Gasteiger partial charge in [0.05, 0.1) is 0 Å². The van der Waals surface area contributed by atoms with Crippen LogP contribution in [0.2, 0.25) is 0 Å². The highest BCUT2D eigenvalue weighted by molar-refractivity contribution is 7.89. The Kier molecular flexibility index (Phi) is 5.04. The average molecular weight is 401 g/mol. The molecule has 1 aromatic heterocycles. The number of hydrogen-bond donors (Lipinski definition) is 3. The number of amides is 3. The molecule has 2 heterocycles. The van der Waals surface area contributed by atoms with E-state index in [1.165, 1.54) is 11.4 Å². The van der Waals surface area contributed by atoms with Crippen molar-refractivity contribution in [1.82, 2.24) is 14.9 Å². The molecule has 11 heteroatoms. The number of sulfonamides is 1. The van der Waals surface area contributed by atoms with Gasteiger partial charge < -0.3 is 10.4 Å². The third-order valence-electron chi connectivity index (χ3n) is 4.67. The second-order valence-corrected chi connectivity index (χ2v) is 9.00. The van der Waals surface area contributed by atoms with E-state index in [0.717, 1.165) is 29.1 Å². The minimum absolute atomic E-state index is 0.0126. The van der Waals surface area contributed by atoms with Gasteiger partial charge in [0.2, 0.25) is 10.0 Å². The molecule has 3 N–H and O–H groups in total. The molecule has 1 spiro atoms. The van der Waals surface area contributed by atoms with Crippen LogP contribution in [0, 0.1) is 0 Å². The lowest BCUT2D eigenvalue weighted by Gasteiger charge is -2.20. The number of imide groups is 1. The number of hydrogen-bond acceptors (Lipinski definition) is 6. The Morgan fingerprint density at radius 1 is 1.35 bits per heavy atom. The largest absolute Gasteiger partial charge is 0.477 e. The summed E-state index contributed by atoms with van der Waals surface area (Å²) in [5.74, 6) is -1.55. The van der Waals surface area contributed by atoms with Gasteiger partial charge in [0.25, 0.3) is 5.91 Å². The van der Waals surface area contributed by atoms with Crippen molar-refractivity contribution in [2.75, 3.05) is 13.1 Å². The van der Waals surface area contributed by atoms with Crippen LogP contribution >= 0.6 is 11.3 Å². The number of carbonyl (C=O) groups is 3. The van der Waals surface area contributed by atoms with Gasteiger partial charge in [-0.2, -0.15) is 0 Å². The van der Waals surface area contributed by atoms with Gasteiger partial charge in [-0.05, 0) is 30.7 Å². The smallest absolute Gasteiger partial charge is 0.347 e. The maximum atomic E-state index is 12.5. The van der Waals surface area contributed by atoms with Crippen LogP contribution in [0.5, 0.6) is 0 Å². The molecule has 142 valence electrons. The van der Waals surface area contributed by atoms with Crippen molar-refractivity contribution in [2.24, 2.45) is 0 Å². The highest BCUT2D eigenvalue weighted by Gasteiger charge is 2.51. The molecular formula is C15H19N3O6S2. The molecule has 0 bridgehead atoms. The third kappa shape index (κ3) is 3.33. The Morgan fingerprint density at radius 2 is 2.04 bits per heavy atom. The SMILES string of the molecule is O=C(O)c1sccc1S(=O)(=O)NCCCN1C(=O)NC2(CCCC2)C1=O. The van der Waals surface area contributed by atoms with E-state index in [4.69, 9.17) is 5.11 Å². The van der Waals surface area contributed by atoms with Crippen molar-refractivity contribution in [3.63, 3.8) is 0 Å². The topological polar surface area (TPSA) is 133 Å². The summed E-state index contributed by atoms with van der Waals surface area (Å²) in [6.07, 6.45) is 3.30. The van der Waals surface area contributed by atoms with E-state index >= 15 is 0 Å². The van der Waals surface area contributed by atoms with Gasteiger partial charge in [-0.25, -0.2) is 22.7 Å². The van der Waals surface area contributed by atoms with Crippen molar-refractivity contribution in [1.29, 1.82) is 0 Å². The lowest BCUT2D eigenvalue weighted by Crippen LogP contribution is -2.44. The molecule has 0 atom stereocenters. The molecule has 1 aromatic rings. The van der Waals surface area contributed by atoms with E-state index in [-0.39, 0.29) is 35.2 Å². The summed E-state index contributed by atoms with van der Waals surface area (Å²) in [6.45, 7) is 0.0889. The van der Waals surface area contributed by atoms with Gasteiger partial charge in [0, 0.05) is 13.1 Å². The molecular weight excluding hydrogens is 382 g/mol. The monoisotopic (exact) mass is 401 g/mol. The molecule has 0 radical (unpaired) electrons. The average Bonchev–Trinajstić information content (AvgIpc) is 3.28. The highest BCUT2D eigenvalue weighted by Crippen LogP contribution is 2.35. The first kappa shape index (κ1) is 18.8. The summed E-state index contributed by atoms with van der Waals surface area (Å²) in [6, 6.07) is 0.795. The molecule has 0 unspecified atom stereocenters. The van der Waals surface area contributed by atoms with Gasteiger partial charge >= 0.3 is 12.0 Å². The second kappa shape index (κ2) is 6.97. The van der Waals surface area contributed by atoms with E-state index in [2.05, 4.69) is 10.0 Å². The van der Waals surface area contributed by atoms with Crippen LogP contribution in [0.15, 0.2) is 16.3 Å². The molecule has 1 saturated carbocycles. The maximum absolute atomic E-state index is 12.5. The van der Waals surface area contributed by atoms with E-state index in [9.17, 15) is 22.8 Å². The quantitative estimate of drug-likeness (QED) is 0.461. The van der Waals surface area contributed by atoms with Crippen molar-refractivity contribution < 1.29 is 27.9 Å². The Hall–Kier alpha value is -1.98. The van der Waals surface area contributed by atoms with Crippen molar-refractivity contribution in [3.8, 4) is 0 Å². The fraction of sp³-hybridized carbons (Fsp3) is 0.533. The van der Waals surface area contributed by atoms with E-state index < -0.39 is 27.6 Å². The molecule has 0 aromatic carbocycles. The summed E-state index contributed by atoms with van der Waals surface area (Å²) < 4.78 is 26.8. The predicted octanol–water partition coefficient (Wildman–Crippen LogP) is 0.979. The van der Waals surface area contributed by atoms with Crippen LogP contribution in [0.25, 0.3) is 0 Å². The fourth-order valence-electron chi connectivity index (χ4n) is 3.38. The minimum atomic E-state index is -3.96. The fourth-order valence-corrected chi connectivity index (χ4v) is 5.72. The Balaban J connectivity index is 1.55. The number of urea groups is 1. The summed E-state index contributed by atoms with van der Waals surface area (Å²) >= 11 is 0.831. The van der Waals surface area contributed by atoms with Crippen molar-refractivity contribution in [2.45, 2.75) is 42.5 Å². The van der Waals surface area contributed by atoms with Crippen molar-refractivity contribution in [3.05, 3.63) is 16.3 Å². The molecule has 1 aliphatic carbocycles. The van der Waals surface area contributed by atoms with Crippen LogP contribution in [-0.2, 0) is 14.8 Å². The van der Waals surface area contributed by atoms with Gasteiger partial charge in [-0.1, -0.05) is 12.8 Å². The molecule has 1 saturated heterocycles. The first-order valence-electron chi connectivity index (χ1n) is 8.21. The first-order valence-corrected chi connectivity index (χ1v) is 10.6. The molecule has 3 rings (SSSR count). The molecule has 1 aliphatic heterocycles. The molecule has 26 heavy (non-hydrogen) atoms. The van der Waals surface area contributed by atoms with E-state index in [0.29, 0.717) is 12.8 Å². The molecule has 2 fully saturated rings. The highest BCUT2D eigenvalue weighted by atomic mass is 32.2. The summed E-state index contributed by atoms with van der Waals surface area (Å²) in [4.78, 5) is 36.2. The zero-order chi connectivity index (χ0) is 18.9. The van der Waals surface area contributed by atoms with Crippen LogP contribution in [0.3, 0.4) is 0 Å². The summed E-state index contributed by atoms with van der Waals surface area (Å²) in [7, 11) is -3.96. The van der Waals surface area contributed by atoms with Crippen LogP contribution in [0.1, 0.15) is 41.8 Å². The minimum Gasteiger partial charge on any atom is -0.477 e. The van der Waals surface area contributed by atoms with E-state index in [1.54, 1.807) is 0 Å². The summed E-state index contributed by atoms with van der Waals surface area (Å²) in [5.41, 5.74) is -0.774. The molecule has 9 nitrogen and oxygen atoms in total.